The monoisotopic (exact) mass is 430 g/mol. The smallest absolute Gasteiger partial charge is 0.242 e. The lowest BCUT2D eigenvalue weighted by molar-refractivity contribution is -0.143. The van der Waals surface area contributed by atoms with Crippen molar-refractivity contribution in [2.45, 2.75) is 26.3 Å². The zero-order chi connectivity index (χ0) is 21.7. The number of ether oxygens (including phenoxy) is 1. The molecule has 1 atom stereocenters. The standard InChI is InChI=1S/C23H27FN2O3S/c1-4-10-25(23(28)16(2)3)14-22(27)26-11-8-21-19(9-12-30-21)20(26)15-29-18-7-5-6-17(24)13-18/h4-7,9,12-13,16,20H,1,8,10-11,14-15H2,2-3H3/t20-/m0/s1. The minimum atomic E-state index is -0.368. The Bertz CT molecular complexity index is 911. The second-order valence-corrected chi connectivity index (χ2v) is 8.58. The second-order valence-electron chi connectivity index (χ2n) is 7.58. The van der Waals surface area contributed by atoms with Crippen LogP contribution in [0.15, 0.2) is 48.4 Å². The van der Waals surface area contributed by atoms with E-state index >= 15 is 0 Å². The lowest BCUT2D eigenvalue weighted by Gasteiger charge is -2.37. The minimum absolute atomic E-state index is 0.00102. The maximum Gasteiger partial charge on any atom is 0.242 e. The summed E-state index contributed by atoms with van der Waals surface area (Å²) < 4.78 is 19.3. The van der Waals surface area contributed by atoms with Crippen LogP contribution in [0.25, 0.3) is 0 Å². The Morgan fingerprint density at radius 3 is 2.90 bits per heavy atom. The van der Waals surface area contributed by atoms with Gasteiger partial charge in [0.05, 0.1) is 6.04 Å². The zero-order valence-electron chi connectivity index (χ0n) is 17.3. The third-order valence-corrected chi connectivity index (χ3v) is 6.10. The summed E-state index contributed by atoms with van der Waals surface area (Å²) in [6.07, 6.45) is 2.40. The Kier molecular flexibility index (Phi) is 7.26. The van der Waals surface area contributed by atoms with Gasteiger partial charge in [0.25, 0.3) is 0 Å². The van der Waals surface area contributed by atoms with Crippen molar-refractivity contribution in [2.75, 3.05) is 26.2 Å². The molecule has 0 aliphatic carbocycles. The molecule has 0 saturated heterocycles. The van der Waals surface area contributed by atoms with E-state index in [1.165, 1.54) is 21.9 Å². The molecule has 1 aromatic heterocycles. The topological polar surface area (TPSA) is 49.9 Å². The largest absolute Gasteiger partial charge is 0.491 e. The maximum atomic E-state index is 13.5. The van der Waals surface area contributed by atoms with Gasteiger partial charge in [-0.3, -0.25) is 9.59 Å². The van der Waals surface area contributed by atoms with Crippen molar-refractivity contribution in [3.8, 4) is 5.75 Å². The molecule has 0 spiro atoms. The third kappa shape index (κ3) is 5.08. The van der Waals surface area contributed by atoms with Crippen molar-refractivity contribution in [3.05, 3.63) is 64.6 Å². The number of hydrogen-bond donors (Lipinski definition) is 0. The zero-order valence-corrected chi connectivity index (χ0v) is 18.2. The summed E-state index contributed by atoms with van der Waals surface area (Å²) in [5, 5.41) is 2.01. The SMILES string of the molecule is C=CCN(CC(=O)N1CCc2sccc2[C@@H]1COc1cccc(F)c1)C(=O)C(C)C. The Balaban J connectivity index is 1.78. The number of hydrogen-bond acceptors (Lipinski definition) is 4. The summed E-state index contributed by atoms with van der Waals surface area (Å²) >= 11 is 1.67. The van der Waals surface area contributed by atoms with Crippen molar-refractivity contribution in [1.82, 2.24) is 9.80 Å². The van der Waals surface area contributed by atoms with Crippen LogP contribution in [0, 0.1) is 11.7 Å². The van der Waals surface area contributed by atoms with E-state index in [1.54, 1.807) is 34.4 Å². The molecule has 0 radical (unpaired) electrons. The van der Waals surface area contributed by atoms with Crippen molar-refractivity contribution < 1.29 is 18.7 Å². The van der Waals surface area contributed by atoms with E-state index in [-0.39, 0.29) is 42.7 Å². The first-order chi connectivity index (χ1) is 14.4. The molecule has 0 bridgehead atoms. The van der Waals surface area contributed by atoms with Gasteiger partial charge < -0.3 is 14.5 Å². The van der Waals surface area contributed by atoms with Gasteiger partial charge in [0, 0.05) is 30.0 Å². The number of rotatable bonds is 8. The fourth-order valence-electron chi connectivity index (χ4n) is 3.61. The first-order valence-electron chi connectivity index (χ1n) is 10.0. The normalized spacial score (nSPS) is 15.6. The average Bonchev–Trinajstić information content (AvgIpc) is 3.20. The highest BCUT2D eigenvalue weighted by atomic mass is 32.1. The first-order valence-corrected chi connectivity index (χ1v) is 10.9. The van der Waals surface area contributed by atoms with Gasteiger partial charge in [0.1, 0.15) is 24.7 Å². The highest BCUT2D eigenvalue weighted by Gasteiger charge is 2.33. The van der Waals surface area contributed by atoms with E-state index in [2.05, 4.69) is 6.58 Å². The Hall–Kier alpha value is -2.67. The van der Waals surface area contributed by atoms with Crippen LogP contribution in [-0.4, -0.2) is 47.9 Å². The molecular formula is C23H27FN2O3S. The van der Waals surface area contributed by atoms with Crippen LogP contribution in [0.5, 0.6) is 5.75 Å². The number of carbonyl (C=O) groups is 2. The third-order valence-electron chi connectivity index (χ3n) is 5.10. The molecule has 0 N–H and O–H groups in total. The number of nitrogens with zero attached hydrogens (tertiary/aromatic N) is 2. The van der Waals surface area contributed by atoms with Crippen molar-refractivity contribution in [3.63, 3.8) is 0 Å². The maximum absolute atomic E-state index is 13.5. The highest BCUT2D eigenvalue weighted by Crippen LogP contribution is 2.34. The minimum Gasteiger partial charge on any atom is -0.491 e. The van der Waals surface area contributed by atoms with E-state index in [0.717, 1.165) is 12.0 Å². The van der Waals surface area contributed by atoms with Crippen LogP contribution in [0.3, 0.4) is 0 Å². The molecule has 5 nitrogen and oxygen atoms in total. The Labute approximate surface area is 180 Å². The summed E-state index contributed by atoms with van der Waals surface area (Å²) in [4.78, 5) is 30.2. The van der Waals surface area contributed by atoms with Gasteiger partial charge in [-0.25, -0.2) is 4.39 Å². The molecule has 1 aromatic carbocycles. The molecule has 2 amide bonds. The quantitative estimate of drug-likeness (QED) is 0.594. The number of amides is 2. The molecule has 7 heteroatoms. The van der Waals surface area contributed by atoms with Crippen molar-refractivity contribution in [1.29, 1.82) is 0 Å². The molecule has 2 heterocycles. The van der Waals surface area contributed by atoms with Gasteiger partial charge in [-0.2, -0.15) is 0 Å². The fraction of sp³-hybridized carbons (Fsp3) is 0.391. The van der Waals surface area contributed by atoms with Gasteiger partial charge in [0.2, 0.25) is 11.8 Å². The highest BCUT2D eigenvalue weighted by molar-refractivity contribution is 7.10. The molecule has 30 heavy (non-hydrogen) atoms. The van der Waals surface area contributed by atoms with Crippen LogP contribution in [0.1, 0.15) is 30.3 Å². The molecule has 2 aromatic rings. The summed E-state index contributed by atoms with van der Waals surface area (Å²) in [5.41, 5.74) is 1.06. The molecular weight excluding hydrogens is 403 g/mol. The number of fused-ring (bicyclic) bond motifs is 1. The van der Waals surface area contributed by atoms with Crippen molar-refractivity contribution >= 4 is 23.2 Å². The molecule has 1 aliphatic rings. The number of halogens is 1. The lowest BCUT2D eigenvalue weighted by atomic mass is 10.0. The summed E-state index contributed by atoms with van der Waals surface area (Å²) in [7, 11) is 0. The molecule has 1 aliphatic heterocycles. The van der Waals surface area contributed by atoms with Crippen LogP contribution in [0.2, 0.25) is 0 Å². The van der Waals surface area contributed by atoms with Gasteiger partial charge in [0.15, 0.2) is 0 Å². The van der Waals surface area contributed by atoms with Gasteiger partial charge >= 0.3 is 0 Å². The van der Waals surface area contributed by atoms with E-state index in [4.69, 9.17) is 4.74 Å². The average molecular weight is 431 g/mol. The second kappa shape index (κ2) is 9.89. The van der Waals surface area contributed by atoms with Gasteiger partial charge in [-0.1, -0.05) is 26.0 Å². The first kappa shape index (κ1) is 22.0. The summed E-state index contributed by atoms with van der Waals surface area (Å²) in [6.45, 7) is 8.44. The fourth-order valence-corrected chi connectivity index (χ4v) is 4.54. The summed E-state index contributed by atoms with van der Waals surface area (Å²) in [6, 6.07) is 7.71. The van der Waals surface area contributed by atoms with E-state index in [9.17, 15) is 14.0 Å². The Morgan fingerprint density at radius 2 is 2.20 bits per heavy atom. The van der Waals surface area contributed by atoms with Crippen LogP contribution >= 0.6 is 11.3 Å². The number of thiophene rings is 1. The van der Waals surface area contributed by atoms with Gasteiger partial charge in [-0.15, -0.1) is 17.9 Å². The van der Waals surface area contributed by atoms with Crippen LogP contribution < -0.4 is 4.74 Å². The van der Waals surface area contributed by atoms with Crippen molar-refractivity contribution in [2.24, 2.45) is 5.92 Å². The van der Waals surface area contributed by atoms with Crippen LogP contribution in [-0.2, 0) is 16.0 Å². The Morgan fingerprint density at radius 1 is 1.40 bits per heavy atom. The van der Waals surface area contributed by atoms with E-state index in [0.29, 0.717) is 18.8 Å². The molecule has 0 unspecified atom stereocenters. The number of carbonyl (C=O) groups excluding carboxylic acids is 2. The number of benzene rings is 1. The molecule has 0 saturated carbocycles. The lowest BCUT2D eigenvalue weighted by Crippen LogP contribution is -2.48. The van der Waals surface area contributed by atoms with Gasteiger partial charge in [-0.05, 0) is 35.6 Å². The molecule has 3 rings (SSSR count). The molecule has 160 valence electrons. The van der Waals surface area contributed by atoms with E-state index < -0.39 is 0 Å². The summed E-state index contributed by atoms with van der Waals surface area (Å²) in [5.74, 6) is -0.352. The van der Waals surface area contributed by atoms with Crippen LogP contribution in [0.4, 0.5) is 4.39 Å². The predicted molar refractivity (Wildman–Crippen MR) is 116 cm³/mol. The predicted octanol–water partition coefficient (Wildman–Crippen LogP) is 4.06. The van der Waals surface area contributed by atoms with E-state index in [1.807, 2.05) is 25.3 Å². The molecule has 0 fully saturated rings.